The zero-order chi connectivity index (χ0) is 13.3. The van der Waals surface area contributed by atoms with Crippen LogP contribution < -0.4 is 9.47 Å². The van der Waals surface area contributed by atoms with Crippen molar-refractivity contribution >= 4 is 5.97 Å². The van der Waals surface area contributed by atoms with Crippen LogP contribution in [0.3, 0.4) is 0 Å². The number of aryl methyl sites for hydroxylation is 1. The fraction of sp³-hybridized carbons (Fsp3) is 0.462. The van der Waals surface area contributed by atoms with Crippen molar-refractivity contribution in [3.63, 3.8) is 0 Å². The first kappa shape index (κ1) is 12.7. The Morgan fingerprint density at radius 2 is 2.22 bits per heavy atom. The van der Waals surface area contributed by atoms with E-state index in [0.29, 0.717) is 30.1 Å². The van der Waals surface area contributed by atoms with E-state index in [0.717, 1.165) is 11.1 Å². The van der Waals surface area contributed by atoms with Crippen molar-refractivity contribution in [2.75, 3.05) is 20.8 Å². The minimum absolute atomic E-state index is 0.455. The molecule has 0 radical (unpaired) electrons. The van der Waals surface area contributed by atoms with Gasteiger partial charge in [-0.15, -0.1) is 0 Å². The van der Waals surface area contributed by atoms with Crippen LogP contribution in [0.1, 0.15) is 22.8 Å². The number of aliphatic hydroxyl groups excluding tert-OH is 1. The van der Waals surface area contributed by atoms with Crippen LogP contribution in [0.2, 0.25) is 0 Å². The molecule has 1 aromatic rings. The number of benzene rings is 1. The highest BCUT2D eigenvalue weighted by atomic mass is 16.5. The molecule has 0 aliphatic carbocycles. The molecule has 0 aromatic heterocycles. The summed E-state index contributed by atoms with van der Waals surface area (Å²) in [6, 6.07) is 1.86. The number of aliphatic hydroxyl groups is 1. The lowest BCUT2D eigenvalue weighted by Gasteiger charge is -2.18. The van der Waals surface area contributed by atoms with Crippen molar-refractivity contribution < 1.29 is 24.1 Å². The summed E-state index contributed by atoms with van der Waals surface area (Å²) in [5.41, 5.74) is 2.09. The Morgan fingerprint density at radius 1 is 1.50 bits per heavy atom. The van der Waals surface area contributed by atoms with Crippen molar-refractivity contribution in [2.45, 2.75) is 19.4 Å². The van der Waals surface area contributed by atoms with Crippen LogP contribution in [0.25, 0.3) is 0 Å². The molecular weight excluding hydrogens is 236 g/mol. The molecule has 0 bridgehead atoms. The van der Waals surface area contributed by atoms with Gasteiger partial charge in [0.1, 0.15) is 11.5 Å². The Kier molecular flexibility index (Phi) is 3.43. The zero-order valence-electron chi connectivity index (χ0n) is 10.6. The average molecular weight is 252 g/mol. The summed E-state index contributed by atoms with van der Waals surface area (Å²) in [6.45, 7) is 2.39. The van der Waals surface area contributed by atoms with Gasteiger partial charge in [0.2, 0.25) is 0 Å². The number of fused-ring (bicyclic) bond motifs is 1. The molecule has 1 N–H and O–H groups in total. The predicted molar refractivity (Wildman–Crippen MR) is 63.9 cm³/mol. The number of ether oxygens (including phenoxy) is 3. The summed E-state index contributed by atoms with van der Waals surface area (Å²) < 4.78 is 15.3. The van der Waals surface area contributed by atoms with Gasteiger partial charge in [-0.3, -0.25) is 0 Å². The summed E-state index contributed by atoms with van der Waals surface area (Å²) >= 11 is 0. The van der Waals surface area contributed by atoms with E-state index >= 15 is 0 Å². The highest BCUT2D eigenvalue weighted by Gasteiger charge is 2.30. The van der Waals surface area contributed by atoms with E-state index in [2.05, 4.69) is 4.74 Å². The topological polar surface area (TPSA) is 65.0 Å². The molecule has 1 atom stereocenters. The molecule has 0 saturated heterocycles. The highest BCUT2D eigenvalue weighted by molar-refractivity contribution is 5.79. The SMILES string of the molecule is COC(=O)C(O)c1c2c(cc(C)c1OC)OCC2. The third-order valence-corrected chi connectivity index (χ3v) is 3.08. The van der Waals surface area contributed by atoms with Crippen LogP contribution in [0.4, 0.5) is 0 Å². The molecule has 1 aromatic carbocycles. The third kappa shape index (κ3) is 1.90. The quantitative estimate of drug-likeness (QED) is 0.817. The molecular formula is C13H16O5. The molecule has 2 rings (SSSR count). The lowest BCUT2D eigenvalue weighted by molar-refractivity contribution is -0.150. The van der Waals surface area contributed by atoms with Crippen molar-refractivity contribution in [3.8, 4) is 11.5 Å². The Morgan fingerprint density at radius 3 is 2.83 bits per heavy atom. The second-order valence-corrected chi connectivity index (χ2v) is 4.14. The summed E-state index contributed by atoms with van der Waals surface area (Å²) in [5, 5.41) is 10.1. The van der Waals surface area contributed by atoms with Crippen LogP contribution in [-0.4, -0.2) is 31.9 Å². The van der Waals surface area contributed by atoms with Gasteiger partial charge in [0.15, 0.2) is 6.10 Å². The molecule has 0 fully saturated rings. The van der Waals surface area contributed by atoms with Gasteiger partial charge in [0, 0.05) is 17.5 Å². The Balaban J connectivity index is 2.59. The molecule has 98 valence electrons. The van der Waals surface area contributed by atoms with E-state index in [1.807, 2.05) is 13.0 Å². The minimum atomic E-state index is -1.35. The molecule has 5 heteroatoms. The van der Waals surface area contributed by atoms with Gasteiger partial charge in [-0.05, 0) is 18.6 Å². The fourth-order valence-corrected chi connectivity index (χ4v) is 2.27. The standard InChI is InChI=1S/C13H16O5/c1-7-6-9-8(4-5-18-9)10(12(7)16-2)11(14)13(15)17-3/h6,11,14H,4-5H2,1-3H3. The third-order valence-electron chi connectivity index (χ3n) is 3.08. The summed E-state index contributed by atoms with van der Waals surface area (Å²) in [4.78, 5) is 11.5. The van der Waals surface area contributed by atoms with E-state index < -0.39 is 12.1 Å². The van der Waals surface area contributed by atoms with Gasteiger partial charge in [-0.1, -0.05) is 0 Å². The number of hydrogen-bond acceptors (Lipinski definition) is 5. The van der Waals surface area contributed by atoms with Gasteiger partial charge in [-0.25, -0.2) is 4.79 Å². The lowest BCUT2D eigenvalue weighted by atomic mass is 9.96. The van der Waals surface area contributed by atoms with Gasteiger partial charge < -0.3 is 19.3 Å². The summed E-state index contributed by atoms with van der Waals surface area (Å²) in [6.07, 6.45) is -0.699. The number of carbonyl (C=O) groups excluding carboxylic acids is 1. The zero-order valence-corrected chi connectivity index (χ0v) is 10.6. The van der Waals surface area contributed by atoms with Crippen LogP contribution in [0.5, 0.6) is 11.5 Å². The van der Waals surface area contributed by atoms with Gasteiger partial charge in [0.25, 0.3) is 0 Å². The molecule has 0 amide bonds. The van der Waals surface area contributed by atoms with Crippen molar-refractivity contribution in [1.82, 2.24) is 0 Å². The molecule has 1 heterocycles. The van der Waals surface area contributed by atoms with Gasteiger partial charge >= 0.3 is 5.97 Å². The molecule has 18 heavy (non-hydrogen) atoms. The number of hydrogen-bond donors (Lipinski definition) is 1. The van der Waals surface area contributed by atoms with E-state index in [4.69, 9.17) is 9.47 Å². The molecule has 0 spiro atoms. The summed E-state index contributed by atoms with van der Waals surface area (Å²) in [7, 11) is 2.75. The van der Waals surface area contributed by atoms with Crippen molar-refractivity contribution in [1.29, 1.82) is 0 Å². The minimum Gasteiger partial charge on any atom is -0.496 e. The average Bonchev–Trinajstić information content (AvgIpc) is 2.82. The second-order valence-electron chi connectivity index (χ2n) is 4.14. The fourth-order valence-electron chi connectivity index (χ4n) is 2.27. The normalized spacial score (nSPS) is 14.7. The first-order chi connectivity index (χ1) is 8.60. The van der Waals surface area contributed by atoms with E-state index in [1.165, 1.54) is 14.2 Å². The largest absolute Gasteiger partial charge is 0.496 e. The molecule has 0 saturated carbocycles. The maximum Gasteiger partial charge on any atom is 0.339 e. The van der Waals surface area contributed by atoms with E-state index in [1.54, 1.807) is 0 Å². The summed E-state index contributed by atoms with van der Waals surface area (Å²) in [5.74, 6) is 0.511. The van der Waals surface area contributed by atoms with Crippen molar-refractivity contribution in [2.24, 2.45) is 0 Å². The van der Waals surface area contributed by atoms with Gasteiger partial charge in [0.05, 0.1) is 20.8 Å². The Hall–Kier alpha value is -1.75. The highest BCUT2D eigenvalue weighted by Crippen LogP contribution is 2.41. The predicted octanol–water partition coefficient (Wildman–Crippen LogP) is 1.14. The molecule has 1 aliphatic heterocycles. The maximum absolute atomic E-state index is 11.5. The number of rotatable bonds is 3. The van der Waals surface area contributed by atoms with Crippen LogP contribution in [0, 0.1) is 6.92 Å². The maximum atomic E-state index is 11.5. The van der Waals surface area contributed by atoms with E-state index in [-0.39, 0.29) is 0 Å². The van der Waals surface area contributed by atoms with Gasteiger partial charge in [-0.2, -0.15) is 0 Å². The lowest BCUT2D eigenvalue weighted by Crippen LogP contribution is -2.16. The number of esters is 1. The Labute approximate surface area is 105 Å². The number of carbonyl (C=O) groups is 1. The molecule has 1 aliphatic rings. The van der Waals surface area contributed by atoms with E-state index in [9.17, 15) is 9.90 Å². The van der Waals surface area contributed by atoms with Crippen LogP contribution >= 0.6 is 0 Å². The van der Waals surface area contributed by atoms with Crippen molar-refractivity contribution in [3.05, 3.63) is 22.8 Å². The Bertz CT molecular complexity index is 477. The van der Waals surface area contributed by atoms with Crippen LogP contribution in [-0.2, 0) is 16.0 Å². The smallest absolute Gasteiger partial charge is 0.339 e. The molecule has 1 unspecified atom stereocenters. The first-order valence-electron chi connectivity index (χ1n) is 5.69. The molecule has 5 nitrogen and oxygen atoms in total. The monoisotopic (exact) mass is 252 g/mol. The number of methoxy groups -OCH3 is 2. The van der Waals surface area contributed by atoms with Crippen LogP contribution in [0.15, 0.2) is 6.07 Å². The first-order valence-corrected chi connectivity index (χ1v) is 5.69. The second kappa shape index (κ2) is 4.86.